The Hall–Kier alpha value is -0.370. The highest BCUT2D eigenvalue weighted by molar-refractivity contribution is 5.85. The molecule has 1 N–H and O–H groups in total. The van der Waals surface area contributed by atoms with Crippen LogP contribution in [-0.4, -0.2) is 18.4 Å². The van der Waals surface area contributed by atoms with Crippen LogP contribution in [0.25, 0.3) is 0 Å². The molecule has 1 unspecified atom stereocenters. The molecule has 0 aliphatic carbocycles. The Balaban J connectivity index is 2.56. The fourth-order valence-electron chi connectivity index (χ4n) is 0.878. The van der Waals surface area contributed by atoms with Gasteiger partial charge in [0.25, 0.3) is 0 Å². The van der Waals surface area contributed by atoms with Crippen molar-refractivity contribution in [1.29, 1.82) is 0 Å². The van der Waals surface area contributed by atoms with Gasteiger partial charge < -0.3 is 5.32 Å². The van der Waals surface area contributed by atoms with Gasteiger partial charge in [-0.05, 0) is 6.92 Å². The van der Waals surface area contributed by atoms with Crippen LogP contribution >= 0.6 is 0 Å². The van der Waals surface area contributed by atoms with Gasteiger partial charge >= 0.3 is 0 Å². The lowest BCUT2D eigenvalue weighted by atomic mass is 10.0. The van der Waals surface area contributed by atoms with E-state index in [1.54, 1.807) is 0 Å². The summed E-state index contributed by atoms with van der Waals surface area (Å²) in [5, 5.41) is 3.07. The number of hydrogen-bond donors (Lipinski definition) is 1. The van der Waals surface area contributed by atoms with Crippen LogP contribution in [0.1, 0.15) is 13.8 Å². The molecule has 0 aromatic rings. The fraction of sp³-hybridized carbons (Fsp3) is 0.833. The number of rotatable bonds is 0. The summed E-state index contributed by atoms with van der Waals surface area (Å²) in [6.07, 6.45) is 0. The molecular formula is C6H11NO. The molecule has 0 amide bonds. The zero-order valence-electron chi connectivity index (χ0n) is 5.27. The second kappa shape index (κ2) is 1.86. The van der Waals surface area contributed by atoms with E-state index in [-0.39, 0.29) is 5.92 Å². The lowest BCUT2D eigenvalue weighted by molar-refractivity contribution is -0.119. The number of nitrogens with one attached hydrogen (secondary N) is 1. The third-order valence-corrected chi connectivity index (χ3v) is 1.86. The van der Waals surface area contributed by atoms with E-state index in [9.17, 15) is 4.79 Å². The van der Waals surface area contributed by atoms with Crippen LogP contribution in [0.4, 0.5) is 0 Å². The van der Waals surface area contributed by atoms with Gasteiger partial charge in [0, 0.05) is 12.0 Å². The van der Waals surface area contributed by atoms with Crippen LogP contribution in [0.2, 0.25) is 0 Å². The van der Waals surface area contributed by atoms with E-state index >= 15 is 0 Å². The van der Waals surface area contributed by atoms with E-state index in [1.807, 2.05) is 13.8 Å². The van der Waals surface area contributed by atoms with E-state index in [2.05, 4.69) is 5.32 Å². The molecule has 1 saturated heterocycles. The van der Waals surface area contributed by atoms with Crippen molar-refractivity contribution in [3.05, 3.63) is 0 Å². The Kier molecular flexibility index (Phi) is 1.34. The summed E-state index contributed by atoms with van der Waals surface area (Å²) in [5.74, 6) is 0.576. The van der Waals surface area contributed by atoms with E-state index in [0.29, 0.717) is 18.4 Å². The van der Waals surface area contributed by atoms with Crippen molar-refractivity contribution in [2.45, 2.75) is 19.9 Å². The van der Waals surface area contributed by atoms with Crippen molar-refractivity contribution in [3.8, 4) is 0 Å². The van der Waals surface area contributed by atoms with Crippen molar-refractivity contribution in [2.75, 3.05) is 6.54 Å². The molecule has 1 fully saturated rings. The van der Waals surface area contributed by atoms with Crippen LogP contribution in [-0.2, 0) is 4.79 Å². The van der Waals surface area contributed by atoms with Crippen LogP contribution in [0.3, 0.4) is 0 Å². The number of ketones is 1. The third kappa shape index (κ3) is 0.757. The van der Waals surface area contributed by atoms with Crippen LogP contribution in [0, 0.1) is 5.92 Å². The highest BCUT2D eigenvalue weighted by Gasteiger charge is 2.25. The van der Waals surface area contributed by atoms with Crippen molar-refractivity contribution >= 4 is 5.78 Å². The van der Waals surface area contributed by atoms with Crippen LogP contribution in [0.5, 0.6) is 0 Å². The van der Waals surface area contributed by atoms with Gasteiger partial charge in [-0.2, -0.15) is 0 Å². The molecule has 0 saturated carbocycles. The summed E-state index contributed by atoms with van der Waals surface area (Å²) in [4.78, 5) is 10.7. The molecule has 46 valence electrons. The van der Waals surface area contributed by atoms with E-state index in [0.717, 1.165) is 0 Å². The second-order valence-corrected chi connectivity index (χ2v) is 2.42. The summed E-state index contributed by atoms with van der Waals surface area (Å²) in [5.41, 5.74) is 0. The predicted octanol–water partition coefficient (Wildman–Crippen LogP) is 0.183. The SMILES string of the molecule is CC1C(=O)CN[C@H]1C. The van der Waals surface area contributed by atoms with Crippen molar-refractivity contribution < 1.29 is 4.79 Å². The molecule has 0 aromatic heterocycles. The van der Waals surface area contributed by atoms with Gasteiger partial charge in [0.1, 0.15) is 0 Å². The zero-order valence-corrected chi connectivity index (χ0v) is 5.27. The van der Waals surface area contributed by atoms with Crippen LogP contribution in [0.15, 0.2) is 0 Å². The fourth-order valence-corrected chi connectivity index (χ4v) is 0.878. The minimum atomic E-state index is 0.231. The van der Waals surface area contributed by atoms with Gasteiger partial charge in [0.05, 0.1) is 6.54 Å². The maximum Gasteiger partial charge on any atom is 0.150 e. The number of Topliss-reactive ketones (excluding diaryl/α,β-unsaturated/α-hetero) is 1. The lowest BCUT2D eigenvalue weighted by Crippen LogP contribution is -2.20. The monoisotopic (exact) mass is 113 g/mol. The smallest absolute Gasteiger partial charge is 0.150 e. The normalized spacial score (nSPS) is 38.5. The molecule has 1 aliphatic rings. The average molecular weight is 113 g/mol. The standard InChI is InChI=1S/C6H11NO/c1-4-5(2)7-3-6(4)8/h4-5,7H,3H2,1-2H3/t4?,5-/m0/s1. The molecule has 8 heavy (non-hydrogen) atoms. The highest BCUT2D eigenvalue weighted by atomic mass is 16.1. The topological polar surface area (TPSA) is 29.1 Å². The first-order valence-electron chi connectivity index (χ1n) is 2.98. The first kappa shape index (κ1) is 5.76. The average Bonchev–Trinajstić information content (AvgIpc) is 1.98. The maximum atomic E-state index is 10.7. The number of carbonyl (C=O) groups is 1. The third-order valence-electron chi connectivity index (χ3n) is 1.86. The molecule has 1 rings (SSSR count). The van der Waals surface area contributed by atoms with E-state index in [4.69, 9.17) is 0 Å². The molecule has 1 aliphatic heterocycles. The molecule has 2 heteroatoms. The van der Waals surface area contributed by atoms with Crippen molar-refractivity contribution in [1.82, 2.24) is 5.32 Å². The Bertz CT molecular complexity index is 111. The molecular weight excluding hydrogens is 102 g/mol. The van der Waals surface area contributed by atoms with Gasteiger partial charge in [-0.1, -0.05) is 6.92 Å². The molecule has 2 atom stereocenters. The highest BCUT2D eigenvalue weighted by Crippen LogP contribution is 2.08. The molecule has 0 bridgehead atoms. The molecule has 0 radical (unpaired) electrons. The van der Waals surface area contributed by atoms with Gasteiger partial charge in [-0.15, -0.1) is 0 Å². The Labute approximate surface area is 49.3 Å². The van der Waals surface area contributed by atoms with Gasteiger partial charge in [0.2, 0.25) is 0 Å². The Morgan fingerprint density at radius 3 is 2.38 bits per heavy atom. The van der Waals surface area contributed by atoms with Crippen molar-refractivity contribution in [3.63, 3.8) is 0 Å². The summed E-state index contributed by atoms with van der Waals surface area (Å²) in [6, 6.07) is 0.391. The predicted molar refractivity (Wildman–Crippen MR) is 31.6 cm³/mol. The minimum Gasteiger partial charge on any atom is -0.307 e. The molecule has 0 aromatic carbocycles. The Morgan fingerprint density at radius 1 is 1.62 bits per heavy atom. The summed E-state index contributed by atoms with van der Waals surface area (Å²) in [6.45, 7) is 4.57. The van der Waals surface area contributed by atoms with Crippen LogP contribution < -0.4 is 5.32 Å². The van der Waals surface area contributed by atoms with Gasteiger partial charge in [-0.25, -0.2) is 0 Å². The summed E-state index contributed by atoms with van der Waals surface area (Å²) in [7, 11) is 0. The maximum absolute atomic E-state index is 10.7. The molecule has 0 spiro atoms. The van der Waals surface area contributed by atoms with Gasteiger partial charge in [-0.3, -0.25) is 4.79 Å². The summed E-state index contributed by atoms with van der Waals surface area (Å²) >= 11 is 0. The van der Waals surface area contributed by atoms with Gasteiger partial charge in [0.15, 0.2) is 5.78 Å². The second-order valence-electron chi connectivity index (χ2n) is 2.42. The quantitative estimate of drug-likeness (QED) is 0.485. The first-order valence-corrected chi connectivity index (χ1v) is 2.98. The zero-order chi connectivity index (χ0) is 6.15. The minimum absolute atomic E-state index is 0.231. The van der Waals surface area contributed by atoms with Crippen molar-refractivity contribution in [2.24, 2.45) is 5.92 Å². The van der Waals surface area contributed by atoms with E-state index in [1.165, 1.54) is 0 Å². The largest absolute Gasteiger partial charge is 0.307 e. The molecule has 2 nitrogen and oxygen atoms in total. The summed E-state index contributed by atoms with van der Waals surface area (Å²) < 4.78 is 0. The molecule has 1 heterocycles. The number of carbonyl (C=O) groups excluding carboxylic acids is 1. The van der Waals surface area contributed by atoms with E-state index < -0.39 is 0 Å². The Morgan fingerprint density at radius 2 is 2.25 bits per heavy atom. The first-order chi connectivity index (χ1) is 3.72. The lowest BCUT2D eigenvalue weighted by Gasteiger charge is -2.04. The number of hydrogen-bond acceptors (Lipinski definition) is 2.